The second-order valence-corrected chi connectivity index (χ2v) is 10.3. The number of hydrogen-bond donors (Lipinski definition) is 1. The van der Waals surface area contributed by atoms with E-state index in [1.165, 1.54) is 6.07 Å². The maximum Gasteiger partial charge on any atom is 0.262 e. The van der Waals surface area contributed by atoms with Gasteiger partial charge in [0.05, 0.1) is 34.4 Å². The second-order valence-electron chi connectivity index (χ2n) is 10.3. The number of pyridine rings is 1. The van der Waals surface area contributed by atoms with Gasteiger partial charge in [-0.25, -0.2) is 9.37 Å². The summed E-state index contributed by atoms with van der Waals surface area (Å²) < 4.78 is 17.3. The molecular formula is C28H27FN6O4. The first-order valence-corrected chi connectivity index (χ1v) is 13.0. The van der Waals surface area contributed by atoms with E-state index >= 15 is 4.39 Å². The van der Waals surface area contributed by atoms with Crippen molar-refractivity contribution in [1.82, 2.24) is 24.8 Å². The van der Waals surface area contributed by atoms with E-state index < -0.39 is 35.5 Å². The lowest BCUT2D eigenvalue weighted by atomic mass is 9.92. The zero-order chi connectivity index (χ0) is 27.4. The predicted molar refractivity (Wildman–Crippen MR) is 138 cm³/mol. The number of rotatable bonds is 4. The molecule has 6 rings (SSSR count). The number of carbonyl (C=O) groups excluding carboxylic acids is 4. The highest BCUT2D eigenvalue weighted by Gasteiger charge is 2.45. The van der Waals surface area contributed by atoms with Gasteiger partial charge in [-0.3, -0.25) is 34.4 Å². The van der Waals surface area contributed by atoms with Gasteiger partial charge in [-0.05, 0) is 50.5 Å². The SMILES string of the molecule is Cc1ncc(-c2cccc(C3CCN(c4cc5c(cc4F)C(=O)N(C4CCC(=O)NC4=O)C5=O)CC3)n2)n1C. The molecule has 0 spiro atoms. The van der Waals surface area contributed by atoms with Gasteiger partial charge in [0.2, 0.25) is 11.8 Å². The van der Waals surface area contributed by atoms with Crippen molar-refractivity contribution in [2.24, 2.45) is 7.05 Å². The van der Waals surface area contributed by atoms with E-state index in [1.54, 1.807) is 0 Å². The van der Waals surface area contributed by atoms with Gasteiger partial charge in [-0.1, -0.05) is 6.07 Å². The number of aromatic nitrogens is 3. The summed E-state index contributed by atoms with van der Waals surface area (Å²) in [5.74, 6) is -2.00. The number of halogens is 1. The van der Waals surface area contributed by atoms with Gasteiger partial charge in [0.15, 0.2) is 0 Å². The molecule has 2 aromatic heterocycles. The molecule has 1 aromatic carbocycles. The van der Waals surface area contributed by atoms with Crippen LogP contribution in [0.3, 0.4) is 0 Å². The molecule has 0 aliphatic carbocycles. The monoisotopic (exact) mass is 530 g/mol. The number of anilines is 1. The summed E-state index contributed by atoms with van der Waals surface area (Å²) in [6, 6.07) is 7.38. The van der Waals surface area contributed by atoms with Crippen LogP contribution in [0.2, 0.25) is 0 Å². The number of hydrogen-bond acceptors (Lipinski definition) is 7. The van der Waals surface area contributed by atoms with Crippen molar-refractivity contribution in [3.63, 3.8) is 0 Å². The summed E-state index contributed by atoms with van der Waals surface area (Å²) in [5, 5.41) is 2.17. The number of aryl methyl sites for hydroxylation is 1. The Labute approximate surface area is 223 Å². The lowest BCUT2D eigenvalue weighted by molar-refractivity contribution is -0.136. The number of carbonyl (C=O) groups is 4. The zero-order valence-electron chi connectivity index (χ0n) is 21.6. The summed E-state index contributed by atoms with van der Waals surface area (Å²) >= 11 is 0. The molecule has 0 bridgehead atoms. The summed E-state index contributed by atoms with van der Waals surface area (Å²) in [7, 11) is 1.96. The fourth-order valence-electron chi connectivity index (χ4n) is 5.70. The molecule has 1 N–H and O–H groups in total. The van der Waals surface area contributed by atoms with E-state index in [0.717, 1.165) is 46.7 Å². The van der Waals surface area contributed by atoms with Gasteiger partial charge in [0.25, 0.3) is 11.8 Å². The molecule has 3 aromatic rings. The molecule has 5 heterocycles. The van der Waals surface area contributed by atoms with Crippen molar-refractivity contribution in [3.8, 4) is 11.4 Å². The van der Waals surface area contributed by atoms with E-state index in [9.17, 15) is 19.2 Å². The van der Waals surface area contributed by atoms with E-state index in [1.807, 2.05) is 47.8 Å². The quantitative estimate of drug-likeness (QED) is 0.516. The smallest absolute Gasteiger partial charge is 0.262 e. The van der Waals surface area contributed by atoms with E-state index in [2.05, 4.69) is 10.3 Å². The van der Waals surface area contributed by atoms with Gasteiger partial charge in [0.1, 0.15) is 17.7 Å². The lowest BCUT2D eigenvalue weighted by Gasteiger charge is -2.33. The highest BCUT2D eigenvalue weighted by molar-refractivity contribution is 6.23. The standard InChI is InChI=1S/C28H27FN6O4/c1-15-30-14-24(33(15)2)21-5-3-4-20(31-21)16-8-10-34(11-9-16)23-13-18-17(12-19(23)29)27(38)35(28(18)39)22-6-7-25(36)32-26(22)37/h3-5,12-14,16,22H,6-11H2,1-2H3,(H,32,36,37). The van der Waals surface area contributed by atoms with Crippen LogP contribution in [0.4, 0.5) is 10.1 Å². The number of imidazole rings is 1. The molecule has 1 atom stereocenters. The van der Waals surface area contributed by atoms with Gasteiger partial charge < -0.3 is 9.47 Å². The van der Waals surface area contributed by atoms with Gasteiger partial charge in [0, 0.05) is 38.2 Å². The molecule has 2 saturated heterocycles. The van der Waals surface area contributed by atoms with Crippen LogP contribution in [0.15, 0.2) is 36.5 Å². The van der Waals surface area contributed by atoms with Crippen LogP contribution in [-0.2, 0) is 16.6 Å². The first-order chi connectivity index (χ1) is 18.7. The molecule has 1 unspecified atom stereocenters. The van der Waals surface area contributed by atoms with Crippen LogP contribution >= 0.6 is 0 Å². The van der Waals surface area contributed by atoms with Crippen molar-refractivity contribution in [3.05, 3.63) is 65.0 Å². The third-order valence-corrected chi connectivity index (χ3v) is 8.01. The van der Waals surface area contributed by atoms with E-state index in [0.29, 0.717) is 13.1 Å². The van der Waals surface area contributed by atoms with E-state index in [-0.39, 0.29) is 35.6 Å². The van der Waals surface area contributed by atoms with E-state index in [4.69, 9.17) is 4.98 Å². The average Bonchev–Trinajstić information content (AvgIpc) is 3.38. The number of nitrogens with one attached hydrogen (secondary N) is 1. The highest BCUT2D eigenvalue weighted by atomic mass is 19.1. The van der Waals surface area contributed by atoms with Crippen LogP contribution in [-0.4, -0.2) is 62.2 Å². The highest BCUT2D eigenvalue weighted by Crippen LogP contribution is 2.36. The largest absolute Gasteiger partial charge is 0.369 e. The Hall–Kier alpha value is -4.41. The average molecular weight is 531 g/mol. The third-order valence-electron chi connectivity index (χ3n) is 8.01. The van der Waals surface area contributed by atoms with Crippen LogP contribution in [0, 0.1) is 12.7 Å². The number of benzene rings is 1. The van der Waals surface area contributed by atoms with Crippen molar-refractivity contribution in [2.75, 3.05) is 18.0 Å². The lowest BCUT2D eigenvalue weighted by Crippen LogP contribution is -2.54. The molecule has 0 radical (unpaired) electrons. The molecular weight excluding hydrogens is 503 g/mol. The van der Waals surface area contributed by atoms with Crippen molar-refractivity contribution in [1.29, 1.82) is 0 Å². The Morgan fingerprint density at radius 2 is 1.72 bits per heavy atom. The Bertz CT molecular complexity index is 1540. The maximum absolute atomic E-state index is 15.3. The second kappa shape index (κ2) is 9.40. The topological polar surface area (TPSA) is 118 Å². The Balaban J connectivity index is 1.19. The number of amides is 4. The maximum atomic E-state index is 15.3. The number of nitrogens with zero attached hydrogens (tertiary/aromatic N) is 5. The normalized spacial score (nSPS) is 20.0. The van der Waals surface area contributed by atoms with Gasteiger partial charge >= 0.3 is 0 Å². The van der Waals surface area contributed by atoms with Crippen LogP contribution in [0.1, 0.15) is 63.8 Å². The molecule has 4 amide bonds. The Kier molecular flexibility index (Phi) is 6.00. The summed E-state index contributed by atoms with van der Waals surface area (Å²) in [4.78, 5) is 61.9. The zero-order valence-corrected chi connectivity index (χ0v) is 21.6. The Morgan fingerprint density at radius 3 is 2.38 bits per heavy atom. The molecule has 39 heavy (non-hydrogen) atoms. The molecule has 0 saturated carbocycles. The van der Waals surface area contributed by atoms with Gasteiger partial charge in [-0.15, -0.1) is 0 Å². The van der Waals surface area contributed by atoms with Crippen molar-refractivity contribution >= 4 is 29.3 Å². The van der Waals surface area contributed by atoms with Crippen LogP contribution < -0.4 is 10.2 Å². The number of fused-ring (bicyclic) bond motifs is 1. The van der Waals surface area contributed by atoms with Crippen molar-refractivity contribution < 1.29 is 23.6 Å². The molecule has 200 valence electrons. The number of imide groups is 2. The minimum Gasteiger partial charge on any atom is -0.369 e. The minimum absolute atomic E-state index is 0.0256. The molecule has 3 aliphatic heterocycles. The fourth-order valence-corrected chi connectivity index (χ4v) is 5.70. The predicted octanol–water partition coefficient (Wildman–Crippen LogP) is 2.71. The molecule has 11 heteroatoms. The fraction of sp³-hybridized carbons (Fsp3) is 0.357. The van der Waals surface area contributed by atoms with Crippen molar-refractivity contribution in [2.45, 2.75) is 44.6 Å². The third kappa shape index (κ3) is 4.18. The first-order valence-electron chi connectivity index (χ1n) is 13.0. The number of piperidine rings is 2. The summed E-state index contributed by atoms with van der Waals surface area (Å²) in [6.45, 7) is 3.04. The minimum atomic E-state index is -1.09. The first kappa shape index (κ1) is 24.9. The molecule has 10 nitrogen and oxygen atoms in total. The summed E-state index contributed by atoms with van der Waals surface area (Å²) in [6.07, 6.45) is 3.37. The summed E-state index contributed by atoms with van der Waals surface area (Å²) in [5.41, 5.74) is 3.03. The Morgan fingerprint density at radius 1 is 1.00 bits per heavy atom. The van der Waals surface area contributed by atoms with Crippen LogP contribution in [0.5, 0.6) is 0 Å². The van der Waals surface area contributed by atoms with Crippen LogP contribution in [0.25, 0.3) is 11.4 Å². The molecule has 2 fully saturated rings. The molecule has 3 aliphatic rings. The van der Waals surface area contributed by atoms with Gasteiger partial charge in [-0.2, -0.15) is 0 Å².